The molecule has 0 radical (unpaired) electrons. The highest BCUT2D eigenvalue weighted by atomic mass is 19.4. The van der Waals surface area contributed by atoms with Crippen LogP contribution in [0.25, 0.3) is 0 Å². The maximum atomic E-state index is 12.8. The molecular weight excluding hydrogens is 387 g/mol. The Labute approximate surface area is 168 Å². The molecule has 1 aromatic carbocycles. The number of Topliss-reactive ketones (excluding diaryl/α,β-unsaturated/α-hetero) is 1. The quantitative estimate of drug-likeness (QED) is 0.727. The van der Waals surface area contributed by atoms with E-state index in [1.807, 2.05) is 18.7 Å². The summed E-state index contributed by atoms with van der Waals surface area (Å²) in [6.07, 6.45) is -1.89. The molecule has 3 amide bonds. The summed E-state index contributed by atoms with van der Waals surface area (Å²) in [5, 5.41) is 1.56. The van der Waals surface area contributed by atoms with Gasteiger partial charge in [0.2, 0.25) is 0 Å². The van der Waals surface area contributed by atoms with Crippen LogP contribution in [0.15, 0.2) is 24.3 Å². The molecule has 0 unspecified atom stereocenters. The van der Waals surface area contributed by atoms with Crippen molar-refractivity contribution in [3.63, 3.8) is 0 Å². The third-order valence-electron chi connectivity index (χ3n) is 4.79. The normalized spacial score (nSPS) is 14.6. The molecule has 29 heavy (non-hydrogen) atoms. The Morgan fingerprint density at radius 3 is 2.17 bits per heavy atom. The number of ketones is 1. The highest BCUT2D eigenvalue weighted by Crippen LogP contribution is 2.17. The van der Waals surface area contributed by atoms with Gasteiger partial charge in [-0.15, -0.1) is 0 Å². The van der Waals surface area contributed by atoms with E-state index in [0.717, 1.165) is 37.9 Å². The third kappa shape index (κ3) is 6.47. The predicted octanol–water partition coefficient (Wildman–Crippen LogP) is 3.36. The van der Waals surface area contributed by atoms with Gasteiger partial charge in [-0.3, -0.25) is 9.59 Å². The van der Waals surface area contributed by atoms with E-state index in [4.69, 9.17) is 0 Å². The number of amides is 3. The number of alkyl halides is 3. The minimum absolute atomic E-state index is 0.0108. The second kappa shape index (κ2) is 9.76. The zero-order valence-corrected chi connectivity index (χ0v) is 16.6. The summed E-state index contributed by atoms with van der Waals surface area (Å²) in [4.78, 5) is 39.2. The van der Waals surface area contributed by atoms with Gasteiger partial charge in [-0.05, 0) is 38.7 Å². The molecule has 0 aliphatic carbocycles. The van der Waals surface area contributed by atoms with Gasteiger partial charge in [-0.25, -0.2) is 4.79 Å². The average Bonchev–Trinajstić information content (AvgIpc) is 2.69. The number of benzene rings is 1. The summed E-state index contributed by atoms with van der Waals surface area (Å²) >= 11 is 0. The standard InChI is InChI=1S/C20H26F3N3O3/c1-14(2)26(19(29)25-10-4-3-5-11-25)13-15-6-8-16(9-7-15)17(27)12-24-18(28)20(21,22)23/h6-9,14H,3-5,10-13H2,1-2H3,(H,24,28). The lowest BCUT2D eigenvalue weighted by molar-refractivity contribution is -0.173. The molecule has 160 valence electrons. The number of rotatable bonds is 6. The van der Waals surface area contributed by atoms with Gasteiger partial charge in [0.15, 0.2) is 5.78 Å². The van der Waals surface area contributed by atoms with Gasteiger partial charge < -0.3 is 15.1 Å². The van der Waals surface area contributed by atoms with Crippen LogP contribution in [0, 0.1) is 0 Å². The SMILES string of the molecule is CC(C)N(Cc1ccc(C(=O)CNC(=O)C(F)(F)F)cc1)C(=O)N1CCCCC1. The first-order chi connectivity index (χ1) is 13.6. The van der Waals surface area contributed by atoms with Crippen molar-refractivity contribution in [2.75, 3.05) is 19.6 Å². The van der Waals surface area contributed by atoms with Crippen molar-refractivity contribution in [2.45, 2.75) is 51.9 Å². The zero-order chi connectivity index (χ0) is 21.6. The van der Waals surface area contributed by atoms with Gasteiger partial charge >= 0.3 is 18.1 Å². The Kier molecular flexibility index (Phi) is 7.64. The molecule has 1 aliphatic heterocycles. The summed E-state index contributed by atoms with van der Waals surface area (Å²) in [6.45, 7) is 5.00. The predicted molar refractivity (Wildman–Crippen MR) is 101 cm³/mol. The maximum absolute atomic E-state index is 12.8. The van der Waals surface area contributed by atoms with Crippen LogP contribution in [0.2, 0.25) is 0 Å². The fourth-order valence-corrected chi connectivity index (χ4v) is 3.09. The van der Waals surface area contributed by atoms with Crippen molar-refractivity contribution in [3.8, 4) is 0 Å². The van der Waals surface area contributed by atoms with Crippen molar-refractivity contribution < 1.29 is 27.6 Å². The highest BCUT2D eigenvalue weighted by molar-refractivity contribution is 5.99. The number of hydrogen-bond donors (Lipinski definition) is 1. The smallest absolute Gasteiger partial charge is 0.341 e. The van der Waals surface area contributed by atoms with Crippen LogP contribution >= 0.6 is 0 Å². The topological polar surface area (TPSA) is 69.7 Å². The number of carbonyl (C=O) groups excluding carboxylic acids is 3. The Balaban J connectivity index is 1.98. The summed E-state index contributed by atoms with van der Waals surface area (Å²) in [5.74, 6) is -2.77. The van der Waals surface area contributed by atoms with E-state index in [1.165, 1.54) is 12.1 Å². The van der Waals surface area contributed by atoms with Crippen molar-refractivity contribution in [1.29, 1.82) is 0 Å². The molecule has 0 bridgehead atoms. The second-order valence-corrected chi connectivity index (χ2v) is 7.35. The van der Waals surface area contributed by atoms with Crippen LogP contribution in [0.1, 0.15) is 49.0 Å². The number of hydrogen-bond acceptors (Lipinski definition) is 3. The van der Waals surface area contributed by atoms with Gasteiger partial charge in [0, 0.05) is 31.2 Å². The first-order valence-electron chi connectivity index (χ1n) is 9.62. The van der Waals surface area contributed by atoms with Crippen LogP contribution in [0.4, 0.5) is 18.0 Å². The number of nitrogens with one attached hydrogen (secondary N) is 1. The average molecular weight is 413 g/mol. The van der Waals surface area contributed by atoms with Crippen LogP contribution in [-0.2, 0) is 11.3 Å². The Morgan fingerprint density at radius 2 is 1.66 bits per heavy atom. The first kappa shape index (κ1) is 22.7. The van der Waals surface area contributed by atoms with Crippen molar-refractivity contribution >= 4 is 17.7 Å². The van der Waals surface area contributed by atoms with Gasteiger partial charge in [-0.2, -0.15) is 13.2 Å². The van der Waals surface area contributed by atoms with E-state index in [-0.39, 0.29) is 17.6 Å². The molecule has 0 atom stereocenters. The molecule has 1 saturated heterocycles. The fraction of sp³-hybridized carbons (Fsp3) is 0.550. The lowest BCUT2D eigenvalue weighted by Crippen LogP contribution is -2.47. The van der Waals surface area contributed by atoms with E-state index in [1.54, 1.807) is 22.3 Å². The van der Waals surface area contributed by atoms with Crippen LogP contribution in [0.3, 0.4) is 0 Å². The monoisotopic (exact) mass is 413 g/mol. The van der Waals surface area contributed by atoms with Crippen LogP contribution in [-0.4, -0.2) is 59.4 Å². The Bertz CT molecular complexity index is 727. The summed E-state index contributed by atoms with van der Waals surface area (Å²) in [5.41, 5.74) is 0.995. The van der Waals surface area contributed by atoms with E-state index < -0.39 is 24.4 Å². The van der Waals surface area contributed by atoms with E-state index >= 15 is 0 Å². The van der Waals surface area contributed by atoms with Gasteiger partial charge in [-0.1, -0.05) is 24.3 Å². The highest BCUT2D eigenvalue weighted by Gasteiger charge is 2.38. The first-order valence-corrected chi connectivity index (χ1v) is 9.62. The van der Waals surface area contributed by atoms with E-state index in [0.29, 0.717) is 6.54 Å². The van der Waals surface area contributed by atoms with Crippen molar-refractivity contribution in [1.82, 2.24) is 15.1 Å². The minimum atomic E-state index is -5.02. The summed E-state index contributed by atoms with van der Waals surface area (Å²) in [7, 11) is 0. The molecule has 0 aromatic heterocycles. The molecule has 2 rings (SSSR count). The van der Waals surface area contributed by atoms with Gasteiger partial charge in [0.25, 0.3) is 0 Å². The Morgan fingerprint density at radius 1 is 1.07 bits per heavy atom. The van der Waals surface area contributed by atoms with Gasteiger partial charge in [0.05, 0.1) is 6.54 Å². The molecular formula is C20H26F3N3O3. The number of nitrogens with zero attached hydrogens (tertiary/aromatic N) is 2. The second-order valence-electron chi connectivity index (χ2n) is 7.35. The third-order valence-corrected chi connectivity index (χ3v) is 4.79. The molecule has 1 fully saturated rings. The largest absolute Gasteiger partial charge is 0.471 e. The van der Waals surface area contributed by atoms with Crippen molar-refractivity contribution in [3.05, 3.63) is 35.4 Å². The molecule has 1 aromatic rings. The van der Waals surface area contributed by atoms with Crippen LogP contribution in [0.5, 0.6) is 0 Å². The number of likely N-dealkylation sites (tertiary alicyclic amines) is 1. The molecule has 1 aliphatic rings. The van der Waals surface area contributed by atoms with E-state index in [9.17, 15) is 27.6 Å². The molecule has 0 spiro atoms. The summed E-state index contributed by atoms with van der Waals surface area (Å²) < 4.78 is 36.5. The molecule has 1 N–H and O–H groups in total. The molecule has 1 heterocycles. The maximum Gasteiger partial charge on any atom is 0.471 e. The number of urea groups is 1. The number of halogens is 3. The van der Waals surface area contributed by atoms with Crippen molar-refractivity contribution in [2.24, 2.45) is 0 Å². The number of carbonyl (C=O) groups is 3. The lowest BCUT2D eigenvalue weighted by atomic mass is 10.1. The van der Waals surface area contributed by atoms with E-state index in [2.05, 4.69) is 0 Å². The molecule has 6 nitrogen and oxygen atoms in total. The lowest BCUT2D eigenvalue weighted by Gasteiger charge is -2.35. The molecule has 9 heteroatoms. The molecule has 0 saturated carbocycles. The zero-order valence-electron chi connectivity index (χ0n) is 16.6. The fourth-order valence-electron chi connectivity index (χ4n) is 3.09. The van der Waals surface area contributed by atoms with Crippen LogP contribution < -0.4 is 5.32 Å². The number of piperidine rings is 1. The minimum Gasteiger partial charge on any atom is -0.341 e. The Hall–Kier alpha value is -2.58. The summed E-state index contributed by atoms with van der Waals surface area (Å²) in [6, 6.07) is 6.27. The van der Waals surface area contributed by atoms with Gasteiger partial charge in [0.1, 0.15) is 0 Å².